The molecule has 18 heteroatoms. The standard InChI is InChI=1S/C83H140O16P2/c1-4-7-10-13-16-19-22-25-28-31-33-34-35-36-37-38-39-40-41-42-44-47-48-51-54-57-60-63-66-69-81(86)93-72-78(84)73-95-100(89,90)96-74-79(85)75-97-101(91,92)98-77-80(99-83(88)71-68-65-62-59-56-53-50-45-30-27-24-21-18-15-12-9-6-3)76-94-82(87)70-67-64-61-58-55-52-49-46-43-32-29-26-23-20-17-14-11-8-5-2/h7,9-10,12,16-21,25-30,33-34,36-37,39-40,43,46,78-80,84-85H,4-6,8,11,13-15,22-24,31-32,35,38,41-42,44-45,47-77H2,1-3H3,(H,89,90)(H,91,92)/b10-7-,12-9-,19-16-,20-17-,21-18-,28-25-,29-26-,30-27-,34-33-,37-36-,40-39-,46-43-. The van der Waals surface area contributed by atoms with Gasteiger partial charge in [-0.05, 0) is 141 Å². The van der Waals surface area contributed by atoms with Gasteiger partial charge in [-0.1, -0.05) is 289 Å². The Kier molecular flexibility index (Phi) is 71.7. The van der Waals surface area contributed by atoms with Crippen LogP contribution in [0, 0.1) is 0 Å². The average Bonchev–Trinajstić information content (AvgIpc) is 1.06. The molecule has 101 heavy (non-hydrogen) atoms. The highest BCUT2D eigenvalue weighted by molar-refractivity contribution is 7.47. The molecule has 0 heterocycles. The number of ether oxygens (including phenoxy) is 3. The first-order chi connectivity index (χ1) is 49.2. The van der Waals surface area contributed by atoms with Crippen LogP contribution in [0.4, 0.5) is 0 Å². The highest BCUT2D eigenvalue weighted by Gasteiger charge is 2.29. The lowest BCUT2D eigenvalue weighted by Gasteiger charge is -2.21. The molecular formula is C83H140O16P2. The molecule has 578 valence electrons. The fraction of sp³-hybridized carbons (Fsp3) is 0.675. The van der Waals surface area contributed by atoms with Gasteiger partial charge in [0, 0.05) is 19.3 Å². The van der Waals surface area contributed by atoms with Crippen molar-refractivity contribution in [2.45, 2.75) is 322 Å². The Bertz CT molecular complexity index is 2420. The molecule has 0 aliphatic rings. The molecule has 0 aromatic carbocycles. The summed E-state index contributed by atoms with van der Waals surface area (Å²) in [4.78, 5) is 58.7. The van der Waals surface area contributed by atoms with Gasteiger partial charge in [-0.25, -0.2) is 9.13 Å². The largest absolute Gasteiger partial charge is 0.472 e. The first-order valence-electron chi connectivity index (χ1n) is 39.1. The maximum Gasteiger partial charge on any atom is 0.472 e. The van der Waals surface area contributed by atoms with Crippen molar-refractivity contribution < 1.29 is 75.8 Å². The van der Waals surface area contributed by atoms with Crippen LogP contribution in [0.2, 0.25) is 0 Å². The van der Waals surface area contributed by atoms with E-state index in [0.29, 0.717) is 19.3 Å². The summed E-state index contributed by atoms with van der Waals surface area (Å²) in [5.41, 5.74) is 0. The maximum absolute atomic E-state index is 13.0. The number of carbonyl (C=O) groups is 3. The Morgan fingerprint density at radius 3 is 0.832 bits per heavy atom. The summed E-state index contributed by atoms with van der Waals surface area (Å²) in [6.45, 7) is 2.40. The van der Waals surface area contributed by atoms with Crippen molar-refractivity contribution in [2.24, 2.45) is 0 Å². The lowest BCUT2D eigenvalue weighted by atomic mass is 10.1. The summed E-state index contributed by atoms with van der Waals surface area (Å²) < 4.78 is 61.1. The number of carbonyl (C=O) groups excluding carboxylic acids is 3. The van der Waals surface area contributed by atoms with Crippen LogP contribution in [0.25, 0.3) is 0 Å². The number of phosphoric acid groups is 2. The first-order valence-corrected chi connectivity index (χ1v) is 42.1. The zero-order valence-corrected chi connectivity index (χ0v) is 64.8. The molecule has 0 saturated carbocycles. The highest BCUT2D eigenvalue weighted by Crippen LogP contribution is 2.45. The first kappa shape index (κ1) is 96.4. The monoisotopic (exact) mass is 1450 g/mol. The van der Waals surface area contributed by atoms with E-state index in [0.717, 1.165) is 193 Å². The summed E-state index contributed by atoms with van der Waals surface area (Å²) >= 11 is 0. The zero-order chi connectivity index (χ0) is 73.7. The third-order valence-electron chi connectivity index (χ3n) is 16.0. The minimum atomic E-state index is -4.94. The Labute approximate surface area is 613 Å². The molecule has 0 radical (unpaired) electrons. The van der Waals surface area contributed by atoms with E-state index in [1.165, 1.54) is 51.4 Å². The highest BCUT2D eigenvalue weighted by atomic mass is 31.2. The van der Waals surface area contributed by atoms with E-state index in [2.05, 4.69) is 167 Å². The number of esters is 3. The second-order valence-corrected chi connectivity index (χ2v) is 28.7. The molecule has 0 aromatic heterocycles. The summed E-state index contributed by atoms with van der Waals surface area (Å²) in [5.74, 6) is -1.61. The number of hydrogen-bond acceptors (Lipinski definition) is 14. The summed E-state index contributed by atoms with van der Waals surface area (Å²) in [6.07, 6.45) is 91.7. The van der Waals surface area contributed by atoms with E-state index in [4.69, 9.17) is 32.3 Å². The van der Waals surface area contributed by atoms with Gasteiger partial charge in [-0.3, -0.25) is 32.5 Å². The molecule has 16 nitrogen and oxygen atoms in total. The number of hydrogen-bond donors (Lipinski definition) is 4. The van der Waals surface area contributed by atoms with Gasteiger partial charge >= 0.3 is 33.6 Å². The molecule has 0 amide bonds. The van der Waals surface area contributed by atoms with Crippen LogP contribution in [-0.4, -0.2) is 95.9 Å². The van der Waals surface area contributed by atoms with Crippen molar-refractivity contribution in [1.29, 1.82) is 0 Å². The Balaban J connectivity index is 4.58. The predicted octanol–water partition coefficient (Wildman–Crippen LogP) is 22.9. The third-order valence-corrected chi connectivity index (χ3v) is 17.9. The fourth-order valence-corrected chi connectivity index (χ4v) is 11.7. The number of aliphatic hydroxyl groups excluding tert-OH is 2. The molecule has 0 fully saturated rings. The second kappa shape index (κ2) is 75.1. The van der Waals surface area contributed by atoms with Crippen molar-refractivity contribution in [3.63, 3.8) is 0 Å². The van der Waals surface area contributed by atoms with Crippen molar-refractivity contribution in [3.8, 4) is 0 Å². The summed E-state index contributed by atoms with van der Waals surface area (Å²) in [5, 5.41) is 20.6. The van der Waals surface area contributed by atoms with Gasteiger partial charge in [0.2, 0.25) is 0 Å². The van der Waals surface area contributed by atoms with Crippen LogP contribution in [-0.2, 0) is 55.8 Å². The fourth-order valence-electron chi connectivity index (χ4n) is 10.1. The second-order valence-electron chi connectivity index (χ2n) is 25.7. The Morgan fingerprint density at radius 1 is 0.287 bits per heavy atom. The van der Waals surface area contributed by atoms with Crippen LogP contribution in [0.1, 0.15) is 303 Å². The van der Waals surface area contributed by atoms with Crippen molar-refractivity contribution >= 4 is 33.6 Å². The van der Waals surface area contributed by atoms with E-state index < -0.39 is 91.5 Å². The lowest BCUT2D eigenvalue weighted by molar-refractivity contribution is -0.161. The van der Waals surface area contributed by atoms with Crippen molar-refractivity contribution in [1.82, 2.24) is 0 Å². The van der Waals surface area contributed by atoms with Gasteiger partial charge in [0.15, 0.2) is 6.10 Å². The van der Waals surface area contributed by atoms with Gasteiger partial charge in [0.25, 0.3) is 0 Å². The van der Waals surface area contributed by atoms with Crippen molar-refractivity contribution in [2.75, 3.05) is 39.6 Å². The number of allylic oxidation sites excluding steroid dienone is 24. The Hall–Kier alpha value is -4.57. The van der Waals surface area contributed by atoms with E-state index in [1.54, 1.807) is 0 Å². The van der Waals surface area contributed by atoms with Gasteiger partial charge in [-0.15, -0.1) is 0 Å². The molecule has 0 bridgehead atoms. The zero-order valence-electron chi connectivity index (χ0n) is 63.0. The molecular weight excluding hydrogens is 1310 g/mol. The lowest BCUT2D eigenvalue weighted by Crippen LogP contribution is -2.30. The normalized spacial score (nSPS) is 14.8. The van der Waals surface area contributed by atoms with Crippen LogP contribution < -0.4 is 0 Å². The van der Waals surface area contributed by atoms with Gasteiger partial charge < -0.3 is 34.2 Å². The van der Waals surface area contributed by atoms with E-state index >= 15 is 0 Å². The molecule has 0 aliphatic heterocycles. The van der Waals surface area contributed by atoms with Gasteiger partial charge in [-0.2, -0.15) is 0 Å². The maximum atomic E-state index is 13.0. The van der Waals surface area contributed by atoms with Crippen LogP contribution >= 0.6 is 15.6 Å². The summed E-state index contributed by atoms with van der Waals surface area (Å²) in [7, 11) is -9.80. The molecule has 0 saturated heterocycles. The molecule has 0 spiro atoms. The molecule has 5 unspecified atom stereocenters. The van der Waals surface area contributed by atoms with E-state index in [-0.39, 0.29) is 19.3 Å². The smallest absolute Gasteiger partial charge is 0.463 e. The molecule has 5 atom stereocenters. The number of rotatable bonds is 73. The van der Waals surface area contributed by atoms with Crippen LogP contribution in [0.5, 0.6) is 0 Å². The Morgan fingerprint density at radius 2 is 0.525 bits per heavy atom. The van der Waals surface area contributed by atoms with Gasteiger partial charge in [0.1, 0.15) is 25.4 Å². The van der Waals surface area contributed by atoms with Crippen LogP contribution in [0.3, 0.4) is 0 Å². The van der Waals surface area contributed by atoms with Gasteiger partial charge in [0.05, 0.1) is 26.4 Å². The van der Waals surface area contributed by atoms with E-state index in [1.807, 2.05) is 0 Å². The molecule has 0 rings (SSSR count). The quantitative estimate of drug-likeness (QED) is 0.0146. The molecule has 0 aliphatic carbocycles. The SMILES string of the molecule is CC/C=C\C/C=C\C/C=C\C/C=C\C/C=C\C/C=C\CCCCCCCCCCCCC(=O)OCC(O)COP(=O)(O)OCC(O)COP(=O)(O)OCC(COC(=O)CCCCCCCC/C=C\C/C=C\C/C=C\CCCCC)OC(=O)CCCCCCCCC/C=C\C/C=C\C/C=C\CC. The van der Waals surface area contributed by atoms with Crippen LogP contribution in [0.15, 0.2) is 146 Å². The number of unbranched alkanes of at least 4 members (excludes halogenated alkanes) is 26. The van der Waals surface area contributed by atoms with E-state index in [9.17, 15) is 43.5 Å². The number of aliphatic hydroxyl groups is 2. The predicted molar refractivity (Wildman–Crippen MR) is 417 cm³/mol. The molecule has 4 N–H and O–H groups in total. The minimum absolute atomic E-state index is 0.0870. The summed E-state index contributed by atoms with van der Waals surface area (Å²) in [6, 6.07) is 0. The van der Waals surface area contributed by atoms with Crippen molar-refractivity contribution in [3.05, 3.63) is 146 Å². The topological polar surface area (TPSA) is 231 Å². The average molecular weight is 1460 g/mol. The third kappa shape index (κ3) is 76.4. The minimum Gasteiger partial charge on any atom is -0.463 e. The molecule has 0 aromatic rings. The number of phosphoric ester groups is 2.